The summed E-state index contributed by atoms with van der Waals surface area (Å²) in [6.45, 7) is 4.14. The third kappa shape index (κ3) is 3.64. The van der Waals surface area contributed by atoms with Gasteiger partial charge in [0.1, 0.15) is 0 Å². The lowest BCUT2D eigenvalue weighted by Crippen LogP contribution is -2.51. The van der Waals surface area contributed by atoms with Crippen LogP contribution in [0.25, 0.3) is 0 Å². The summed E-state index contributed by atoms with van der Waals surface area (Å²) in [6.07, 6.45) is 3.09. The maximum Gasteiger partial charge on any atom is 0.234 e. The van der Waals surface area contributed by atoms with Crippen LogP contribution in [-0.4, -0.2) is 35.7 Å². The van der Waals surface area contributed by atoms with E-state index in [0.717, 1.165) is 6.42 Å². The molecule has 0 radical (unpaired) electrons. The first kappa shape index (κ1) is 11.5. The van der Waals surface area contributed by atoms with Crippen LogP contribution < -0.4 is 10.6 Å². The lowest BCUT2D eigenvalue weighted by molar-refractivity contribution is -0.122. The minimum Gasteiger partial charge on any atom is -0.394 e. The molecule has 4 heteroatoms. The monoisotopic (exact) mass is 200 g/mol. The number of carbonyl (C=O) groups excluding carboxylic acids is 1. The Morgan fingerprint density at radius 3 is 2.64 bits per heavy atom. The van der Waals surface area contributed by atoms with Crippen molar-refractivity contribution in [2.24, 2.45) is 0 Å². The smallest absolute Gasteiger partial charge is 0.234 e. The summed E-state index contributed by atoms with van der Waals surface area (Å²) in [5, 5.41) is 15.0. The molecule has 0 saturated heterocycles. The quantitative estimate of drug-likeness (QED) is 0.566. The van der Waals surface area contributed by atoms with Gasteiger partial charge in [-0.1, -0.05) is 6.92 Å². The molecule has 1 rings (SSSR count). The molecule has 0 spiro atoms. The molecule has 0 heterocycles. The van der Waals surface area contributed by atoms with Gasteiger partial charge in [-0.3, -0.25) is 4.79 Å². The van der Waals surface area contributed by atoms with Crippen molar-refractivity contribution in [1.29, 1.82) is 0 Å². The third-order valence-corrected chi connectivity index (χ3v) is 2.70. The standard InChI is InChI=1S/C10H20N2O2/c1-3-10(2,7-13)12-9(14)6-11-8-4-5-8/h8,11,13H,3-7H2,1-2H3,(H,12,14). The van der Waals surface area contributed by atoms with Gasteiger partial charge in [0.25, 0.3) is 0 Å². The highest BCUT2D eigenvalue weighted by atomic mass is 16.3. The predicted octanol–water partition coefficient (Wildman–Crippen LogP) is 0.0156. The Balaban J connectivity index is 2.22. The molecule has 0 bridgehead atoms. The Hall–Kier alpha value is -0.610. The van der Waals surface area contributed by atoms with E-state index in [-0.39, 0.29) is 12.5 Å². The molecule has 1 saturated carbocycles. The summed E-state index contributed by atoms with van der Waals surface area (Å²) in [4.78, 5) is 11.4. The molecule has 82 valence electrons. The van der Waals surface area contributed by atoms with E-state index in [1.807, 2.05) is 13.8 Å². The molecular weight excluding hydrogens is 180 g/mol. The van der Waals surface area contributed by atoms with Crippen molar-refractivity contribution >= 4 is 5.91 Å². The van der Waals surface area contributed by atoms with E-state index in [0.29, 0.717) is 12.6 Å². The highest BCUT2D eigenvalue weighted by Gasteiger charge is 2.25. The molecule has 1 amide bonds. The zero-order valence-electron chi connectivity index (χ0n) is 8.97. The first-order chi connectivity index (χ1) is 6.59. The van der Waals surface area contributed by atoms with Crippen LogP contribution in [0.3, 0.4) is 0 Å². The Bertz CT molecular complexity index is 198. The van der Waals surface area contributed by atoms with E-state index in [1.165, 1.54) is 12.8 Å². The van der Waals surface area contributed by atoms with Crippen LogP contribution in [0.15, 0.2) is 0 Å². The Kier molecular flexibility index (Phi) is 3.89. The molecule has 14 heavy (non-hydrogen) atoms. The average molecular weight is 200 g/mol. The molecule has 0 aromatic carbocycles. The molecule has 4 nitrogen and oxygen atoms in total. The topological polar surface area (TPSA) is 61.4 Å². The normalized spacial score (nSPS) is 20.2. The van der Waals surface area contributed by atoms with Gasteiger partial charge in [0, 0.05) is 6.04 Å². The van der Waals surface area contributed by atoms with Gasteiger partial charge < -0.3 is 15.7 Å². The number of hydrogen-bond acceptors (Lipinski definition) is 3. The molecule has 1 fully saturated rings. The molecular formula is C10H20N2O2. The van der Waals surface area contributed by atoms with E-state index in [9.17, 15) is 4.79 Å². The Labute approximate surface area is 85.1 Å². The van der Waals surface area contributed by atoms with Crippen LogP contribution in [0, 0.1) is 0 Å². The number of carbonyl (C=O) groups is 1. The second-order valence-electron chi connectivity index (χ2n) is 4.28. The van der Waals surface area contributed by atoms with Gasteiger partial charge in [0.15, 0.2) is 0 Å². The van der Waals surface area contributed by atoms with Crippen LogP contribution in [0.4, 0.5) is 0 Å². The number of aliphatic hydroxyl groups is 1. The third-order valence-electron chi connectivity index (χ3n) is 2.70. The largest absolute Gasteiger partial charge is 0.394 e. The Morgan fingerprint density at radius 2 is 2.21 bits per heavy atom. The minimum atomic E-state index is -0.470. The molecule has 0 aliphatic heterocycles. The average Bonchev–Trinajstić information content (AvgIpc) is 2.98. The minimum absolute atomic E-state index is 0.0152. The van der Waals surface area contributed by atoms with Crippen LogP contribution >= 0.6 is 0 Å². The van der Waals surface area contributed by atoms with Gasteiger partial charge in [-0.15, -0.1) is 0 Å². The summed E-state index contributed by atoms with van der Waals surface area (Å²) >= 11 is 0. The van der Waals surface area contributed by atoms with E-state index in [4.69, 9.17) is 5.11 Å². The van der Waals surface area contributed by atoms with E-state index < -0.39 is 5.54 Å². The zero-order valence-corrected chi connectivity index (χ0v) is 8.97. The van der Waals surface area contributed by atoms with E-state index >= 15 is 0 Å². The Morgan fingerprint density at radius 1 is 1.57 bits per heavy atom. The zero-order chi connectivity index (χ0) is 10.6. The fraction of sp³-hybridized carbons (Fsp3) is 0.900. The molecule has 0 aromatic rings. The summed E-state index contributed by atoms with van der Waals surface area (Å²) in [5.41, 5.74) is -0.470. The summed E-state index contributed by atoms with van der Waals surface area (Å²) in [5.74, 6) is -0.0321. The number of amides is 1. The maximum atomic E-state index is 11.4. The van der Waals surface area contributed by atoms with Gasteiger partial charge in [-0.2, -0.15) is 0 Å². The van der Waals surface area contributed by atoms with Crippen molar-refractivity contribution in [1.82, 2.24) is 10.6 Å². The number of aliphatic hydroxyl groups excluding tert-OH is 1. The van der Waals surface area contributed by atoms with Crippen molar-refractivity contribution < 1.29 is 9.90 Å². The van der Waals surface area contributed by atoms with Crippen molar-refractivity contribution in [2.75, 3.05) is 13.2 Å². The second-order valence-corrected chi connectivity index (χ2v) is 4.28. The van der Waals surface area contributed by atoms with E-state index in [2.05, 4.69) is 10.6 Å². The molecule has 3 N–H and O–H groups in total. The van der Waals surface area contributed by atoms with Crippen LogP contribution in [-0.2, 0) is 4.79 Å². The number of rotatable bonds is 6. The molecule has 1 aliphatic rings. The van der Waals surface area contributed by atoms with Gasteiger partial charge in [-0.05, 0) is 26.2 Å². The van der Waals surface area contributed by atoms with Crippen molar-refractivity contribution in [2.45, 2.75) is 44.7 Å². The van der Waals surface area contributed by atoms with Gasteiger partial charge in [-0.25, -0.2) is 0 Å². The first-order valence-electron chi connectivity index (χ1n) is 5.25. The number of nitrogens with one attached hydrogen (secondary N) is 2. The highest BCUT2D eigenvalue weighted by Crippen LogP contribution is 2.18. The van der Waals surface area contributed by atoms with Crippen LogP contribution in [0.2, 0.25) is 0 Å². The predicted molar refractivity (Wildman–Crippen MR) is 54.9 cm³/mol. The van der Waals surface area contributed by atoms with Gasteiger partial charge in [0.05, 0.1) is 18.7 Å². The highest BCUT2D eigenvalue weighted by molar-refractivity contribution is 5.78. The van der Waals surface area contributed by atoms with Gasteiger partial charge >= 0.3 is 0 Å². The van der Waals surface area contributed by atoms with Crippen molar-refractivity contribution in [3.05, 3.63) is 0 Å². The summed E-state index contributed by atoms with van der Waals surface area (Å²) in [7, 11) is 0. The molecule has 1 atom stereocenters. The van der Waals surface area contributed by atoms with Crippen LogP contribution in [0.1, 0.15) is 33.1 Å². The lowest BCUT2D eigenvalue weighted by atomic mass is 10.0. The molecule has 1 aliphatic carbocycles. The molecule has 0 aromatic heterocycles. The van der Waals surface area contributed by atoms with Crippen molar-refractivity contribution in [3.8, 4) is 0 Å². The fourth-order valence-electron chi connectivity index (χ4n) is 1.14. The number of hydrogen-bond donors (Lipinski definition) is 3. The van der Waals surface area contributed by atoms with Crippen LogP contribution in [0.5, 0.6) is 0 Å². The molecule has 1 unspecified atom stereocenters. The second kappa shape index (κ2) is 4.75. The summed E-state index contributed by atoms with van der Waals surface area (Å²) < 4.78 is 0. The fourth-order valence-corrected chi connectivity index (χ4v) is 1.14. The summed E-state index contributed by atoms with van der Waals surface area (Å²) in [6, 6.07) is 0.544. The van der Waals surface area contributed by atoms with Gasteiger partial charge in [0.2, 0.25) is 5.91 Å². The van der Waals surface area contributed by atoms with Crippen molar-refractivity contribution in [3.63, 3.8) is 0 Å². The maximum absolute atomic E-state index is 11.4. The first-order valence-corrected chi connectivity index (χ1v) is 5.25. The van der Waals surface area contributed by atoms with E-state index in [1.54, 1.807) is 0 Å². The lowest BCUT2D eigenvalue weighted by Gasteiger charge is -2.27. The SMILES string of the molecule is CCC(C)(CO)NC(=O)CNC1CC1.